The minimum absolute atomic E-state index is 0.179. The van der Waals surface area contributed by atoms with Crippen molar-refractivity contribution in [1.82, 2.24) is 0 Å². The molecule has 2 rings (SSSR count). The molecule has 0 bridgehead atoms. The third kappa shape index (κ3) is 2.92. The van der Waals surface area contributed by atoms with Crippen molar-refractivity contribution in [2.75, 3.05) is 11.9 Å². The summed E-state index contributed by atoms with van der Waals surface area (Å²) in [6.07, 6.45) is 0.827. The first-order valence-electron chi connectivity index (χ1n) is 5.83. The summed E-state index contributed by atoms with van der Waals surface area (Å²) in [5.74, 6) is -0.716. The molecule has 1 saturated heterocycles. The third-order valence-corrected chi connectivity index (χ3v) is 2.92. The Balaban J connectivity index is 2.15. The maximum Gasteiger partial charge on any atom is 0.328 e. The summed E-state index contributed by atoms with van der Waals surface area (Å²) in [6, 6.07) is 5.00. The van der Waals surface area contributed by atoms with Crippen LogP contribution >= 0.6 is 0 Å². The number of benzene rings is 1. The Morgan fingerprint density at radius 1 is 1.56 bits per heavy atom. The summed E-state index contributed by atoms with van der Waals surface area (Å²) in [5.41, 5.74) is 0.393. The Bertz CT molecular complexity index is 466. The molecule has 1 aliphatic heterocycles. The van der Waals surface area contributed by atoms with Gasteiger partial charge in [0.05, 0.1) is 12.7 Å². The lowest BCUT2D eigenvalue weighted by Crippen LogP contribution is -2.39. The Labute approximate surface area is 105 Å². The number of carboxylic acids is 1. The highest BCUT2D eigenvalue weighted by Gasteiger charge is 2.28. The van der Waals surface area contributed by atoms with E-state index in [9.17, 15) is 9.90 Å². The lowest BCUT2D eigenvalue weighted by Gasteiger charge is -2.23. The van der Waals surface area contributed by atoms with Crippen molar-refractivity contribution in [3.05, 3.63) is 23.8 Å². The highest BCUT2D eigenvalue weighted by atomic mass is 16.6. The summed E-state index contributed by atoms with van der Waals surface area (Å²) in [5, 5.41) is 21.7. The standard InChI is InChI=1S/C13H17NO4/c1-13(2,12(16)17)14-9-3-4-11(15)8(5-9)6-10-7-18-10/h3-5,10,14-15H,6-7H2,1-2H3,(H,16,17). The van der Waals surface area contributed by atoms with Gasteiger partial charge in [0.25, 0.3) is 0 Å². The third-order valence-electron chi connectivity index (χ3n) is 2.92. The van der Waals surface area contributed by atoms with Crippen LogP contribution in [0, 0.1) is 0 Å². The summed E-state index contributed by atoms with van der Waals surface area (Å²) < 4.78 is 5.12. The van der Waals surface area contributed by atoms with Gasteiger partial charge >= 0.3 is 5.97 Å². The molecular weight excluding hydrogens is 234 g/mol. The average Bonchev–Trinajstić information content (AvgIpc) is 3.06. The molecule has 0 amide bonds. The van der Waals surface area contributed by atoms with Crippen LogP contribution in [0.4, 0.5) is 5.69 Å². The molecule has 0 radical (unpaired) electrons. The van der Waals surface area contributed by atoms with Crippen LogP contribution in [-0.2, 0) is 16.0 Å². The molecule has 0 aliphatic carbocycles. The summed E-state index contributed by atoms with van der Waals surface area (Å²) in [6.45, 7) is 3.90. The number of aliphatic carboxylic acids is 1. The van der Waals surface area contributed by atoms with E-state index in [0.29, 0.717) is 12.1 Å². The molecule has 1 heterocycles. The second-order valence-electron chi connectivity index (χ2n) is 5.06. The fourth-order valence-electron chi connectivity index (χ4n) is 1.67. The van der Waals surface area contributed by atoms with E-state index in [2.05, 4.69) is 5.32 Å². The molecule has 1 atom stereocenters. The molecule has 1 aromatic carbocycles. The Kier molecular flexibility index (Phi) is 3.17. The summed E-state index contributed by atoms with van der Waals surface area (Å²) in [4.78, 5) is 11.0. The van der Waals surface area contributed by atoms with E-state index < -0.39 is 11.5 Å². The van der Waals surface area contributed by atoms with E-state index in [-0.39, 0.29) is 11.9 Å². The van der Waals surface area contributed by atoms with Crippen LogP contribution in [0.1, 0.15) is 19.4 Å². The molecular formula is C13H17NO4. The lowest BCUT2D eigenvalue weighted by atomic mass is 10.0. The molecule has 5 heteroatoms. The zero-order chi connectivity index (χ0) is 13.3. The van der Waals surface area contributed by atoms with E-state index >= 15 is 0 Å². The van der Waals surface area contributed by atoms with E-state index in [1.165, 1.54) is 0 Å². The fraction of sp³-hybridized carbons (Fsp3) is 0.462. The monoisotopic (exact) mass is 251 g/mol. The lowest BCUT2D eigenvalue weighted by molar-refractivity contribution is -0.141. The Morgan fingerprint density at radius 2 is 2.22 bits per heavy atom. The Hall–Kier alpha value is -1.75. The van der Waals surface area contributed by atoms with Gasteiger partial charge in [-0.2, -0.15) is 0 Å². The average molecular weight is 251 g/mol. The molecule has 1 unspecified atom stereocenters. The van der Waals surface area contributed by atoms with Gasteiger partial charge in [0.2, 0.25) is 0 Å². The zero-order valence-corrected chi connectivity index (χ0v) is 10.4. The van der Waals surface area contributed by atoms with Gasteiger partial charge in [-0.1, -0.05) is 0 Å². The number of hydrogen-bond donors (Lipinski definition) is 3. The normalized spacial score (nSPS) is 18.4. The molecule has 0 aromatic heterocycles. The Morgan fingerprint density at radius 3 is 2.78 bits per heavy atom. The first-order chi connectivity index (χ1) is 8.38. The molecule has 18 heavy (non-hydrogen) atoms. The van der Waals surface area contributed by atoms with Crippen LogP contribution in [-0.4, -0.2) is 34.4 Å². The van der Waals surface area contributed by atoms with Crippen LogP contribution in [0.25, 0.3) is 0 Å². The number of anilines is 1. The molecule has 0 spiro atoms. The largest absolute Gasteiger partial charge is 0.508 e. The molecule has 0 saturated carbocycles. The number of nitrogens with one attached hydrogen (secondary N) is 1. The first-order valence-corrected chi connectivity index (χ1v) is 5.83. The highest BCUT2D eigenvalue weighted by Crippen LogP contribution is 2.27. The van der Waals surface area contributed by atoms with E-state index in [0.717, 1.165) is 12.2 Å². The number of carbonyl (C=O) groups is 1. The quantitative estimate of drug-likeness (QED) is 0.547. The van der Waals surface area contributed by atoms with Crippen LogP contribution in [0.3, 0.4) is 0 Å². The maximum atomic E-state index is 11.0. The number of phenols is 1. The topological polar surface area (TPSA) is 82.1 Å². The minimum atomic E-state index is -1.05. The summed E-state index contributed by atoms with van der Waals surface area (Å²) in [7, 11) is 0. The predicted octanol–water partition coefficient (Wildman–Crippen LogP) is 1.61. The van der Waals surface area contributed by atoms with Crippen molar-refractivity contribution in [3.63, 3.8) is 0 Å². The van der Waals surface area contributed by atoms with Gasteiger partial charge in [-0.05, 0) is 37.6 Å². The number of ether oxygens (including phenoxy) is 1. The van der Waals surface area contributed by atoms with Crippen molar-refractivity contribution in [3.8, 4) is 5.75 Å². The second-order valence-corrected chi connectivity index (χ2v) is 5.06. The molecule has 5 nitrogen and oxygen atoms in total. The highest BCUT2D eigenvalue weighted by molar-refractivity contribution is 5.81. The fourth-order valence-corrected chi connectivity index (χ4v) is 1.67. The van der Waals surface area contributed by atoms with Gasteiger partial charge in [-0.15, -0.1) is 0 Å². The van der Waals surface area contributed by atoms with Crippen LogP contribution in [0.5, 0.6) is 5.75 Å². The zero-order valence-electron chi connectivity index (χ0n) is 10.4. The number of rotatable bonds is 5. The van der Waals surface area contributed by atoms with Crippen molar-refractivity contribution in [2.45, 2.75) is 31.9 Å². The van der Waals surface area contributed by atoms with Gasteiger partial charge in [0.1, 0.15) is 11.3 Å². The van der Waals surface area contributed by atoms with E-state index in [4.69, 9.17) is 9.84 Å². The van der Waals surface area contributed by atoms with Crippen LogP contribution in [0.15, 0.2) is 18.2 Å². The predicted molar refractivity (Wildman–Crippen MR) is 66.9 cm³/mol. The van der Waals surface area contributed by atoms with Gasteiger partial charge in [-0.3, -0.25) is 0 Å². The second kappa shape index (κ2) is 4.49. The maximum absolute atomic E-state index is 11.0. The number of carboxylic acid groups (broad SMARTS) is 1. The van der Waals surface area contributed by atoms with E-state index in [1.807, 2.05) is 0 Å². The van der Waals surface area contributed by atoms with Gasteiger partial charge < -0.3 is 20.3 Å². The number of aromatic hydroxyl groups is 1. The number of hydrogen-bond acceptors (Lipinski definition) is 4. The van der Waals surface area contributed by atoms with Crippen molar-refractivity contribution in [2.24, 2.45) is 0 Å². The van der Waals surface area contributed by atoms with E-state index in [1.54, 1.807) is 32.0 Å². The van der Waals surface area contributed by atoms with Crippen LogP contribution in [0.2, 0.25) is 0 Å². The van der Waals surface area contributed by atoms with Crippen LogP contribution < -0.4 is 5.32 Å². The smallest absolute Gasteiger partial charge is 0.328 e. The van der Waals surface area contributed by atoms with Gasteiger partial charge in [-0.25, -0.2) is 4.79 Å². The van der Waals surface area contributed by atoms with Gasteiger partial charge in [0.15, 0.2) is 0 Å². The molecule has 1 aromatic rings. The van der Waals surface area contributed by atoms with Gasteiger partial charge in [0, 0.05) is 12.1 Å². The first kappa shape index (κ1) is 12.7. The molecule has 98 valence electrons. The SMILES string of the molecule is CC(C)(Nc1ccc(O)c(CC2CO2)c1)C(=O)O. The van der Waals surface area contributed by atoms with Crippen molar-refractivity contribution in [1.29, 1.82) is 0 Å². The number of epoxide rings is 1. The van der Waals surface area contributed by atoms with Crippen molar-refractivity contribution < 1.29 is 19.7 Å². The minimum Gasteiger partial charge on any atom is -0.508 e. The molecule has 3 N–H and O–H groups in total. The number of phenolic OH excluding ortho intramolecular Hbond substituents is 1. The molecule has 1 fully saturated rings. The van der Waals surface area contributed by atoms with Crippen molar-refractivity contribution >= 4 is 11.7 Å². The summed E-state index contributed by atoms with van der Waals surface area (Å²) >= 11 is 0. The molecule has 1 aliphatic rings.